The highest BCUT2D eigenvalue weighted by Gasteiger charge is 2.38. The van der Waals surface area contributed by atoms with E-state index in [0.717, 1.165) is 72.5 Å². The topological polar surface area (TPSA) is 70.7 Å². The zero-order valence-corrected chi connectivity index (χ0v) is 23.6. The molecule has 0 amide bonds. The first kappa shape index (κ1) is 27.0. The summed E-state index contributed by atoms with van der Waals surface area (Å²) in [4.78, 5) is 2.54. The van der Waals surface area contributed by atoms with Gasteiger partial charge >= 0.3 is 0 Å². The summed E-state index contributed by atoms with van der Waals surface area (Å²) < 4.78 is 33.8. The lowest BCUT2D eigenvalue weighted by atomic mass is 9.81. The Morgan fingerprint density at radius 1 is 0.641 bits per heavy atom. The second-order valence-electron chi connectivity index (χ2n) is 9.85. The molecule has 0 unspecified atom stereocenters. The van der Waals surface area contributed by atoms with Gasteiger partial charge in [-0.1, -0.05) is 6.07 Å². The van der Waals surface area contributed by atoms with Gasteiger partial charge in [-0.05, 0) is 83.6 Å². The van der Waals surface area contributed by atoms with E-state index >= 15 is 0 Å². The Labute approximate surface area is 230 Å². The van der Waals surface area contributed by atoms with Crippen molar-refractivity contribution in [2.75, 3.05) is 55.7 Å². The van der Waals surface area contributed by atoms with E-state index in [1.165, 1.54) is 22.3 Å². The normalized spacial score (nSPS) is 18.5. The van der Waals surface area contributed by atoms with Crippen molar-refractivity contribution in [3.8, 4) is 34.5 Å². The highest BCUT2D eigenvalue weighted by atomic mass is 16.5. The molecule has 2 atom stereocenters. The van der Waals surface area contributed by atoms with Crippen molar-refractivity contribution in [3.05, 3.63) is 70.3 Å². The molecular formula is C31H38N2O6. The molecule has 3 aromatic carbocycles. The van der Waals surface area contributed by atoms with Gasteiger partial charge in [0.05, 0.1) is 54.7 Å². The molecule has 8 nitrogen and oxygen atoms in total. The van der Waals surface area contributed by atoms with Crippen molar-refractivity contribution in [2.45, 2.75) is 31.5 Å². The van der Waals surface area contributed by atoms with Gasteiger partial charge in [0.15, 0.2) is 34.5 Å². The van der Waals surface area contributed by atoms with Gasteiger partial charge in [0, 0.05) is 13.1 Å². The van der Waals surface area contributed by atoms with E-state index in [4.69, 9.17) is 28.4 Å². The van der Waals surface area contributed by atoms with E-state index in [1.807, 2.05) is 6.07 Å². The largest absolute Gasteiger partial charge is 0.493 e. The fourth-order valence-corrected chi connectivity index (χ4v) is 6.01. The van der Waals surface area contributed by atoms with Gasteiger partial charge in [0.1, 0.15) is 0 Å². The van der Waals surface area contributed by atoms with Gasteiger partial charge in [-0.3, -0.25) is 4.90 Å². The summed E-state index contributed by atoms with van der Waals surface area (Å²) in [5, 5.41) is 3.84. The van der Waals surface area contributed by atoms with Crippen molar-refractivity contribution >= 4 is 0 Å². The van der Waals surface area contributed by atoms with Gasteiger partial charge in [0.2, 0.25) is 0 Å². The maximum absolute atomic E-state index is 5.75. The van der Waals surface area contributed by atoms with Crippen molar-refractivity contribution in [1.82, 2.24) is 10.2 Å². The second kappa shape index (κ2) is 11.6. The number of methoxy groups -OCH3 is 6. The number of benzene rings is 3. The Hall–Kier alpha value is -3.62. The molecule has 1 N–H and O–H groups in total. The summed E-state index contributed by atoms with van der Waals surface area (Å²) in [6.07, 6.45) is 1.83. The van der Waals surface area contributed by atoms with Gasteiger partial charge in [0.25, 0.3) is 0 Å². The molecule has 0 saturated carbocycles. The molecule has 2 aliphatic heterocycles. The number of fused-ring (bicyclic) bond motifs is 2. The van der Waals surface area contributed by atoms with Crippen LogP contribution in [0.15, 0.2) is 42.5 Å². The summed E-state index contributed by atoms with van der Waals surface area (Å²) in [7, 11) is 10.1. The molecule has 2 heterocycles. The Balaban J connectivity index is 1.62. The van der Waals surface area contributed by atoms with Crippen LogP contribution in [0.25, 0.3) is 0 Å². The van der Waals surface area contributed by atoms with Crippen LogP contribution in [-0.4, -0.2) is 60.6 Å². The summed E-state index contributed by atoms with van der Waals surface area (Å²) in [5.41, 5.74) is 6.17. The molecular weight excluding hydrogens is 496 g/mol. The van der Waals surface area contributed by atoms with Crippen molar-refractivity contribution < 1.29 is 28.4 Å². The number of nitrogens with one attached hydrogen (secondary N) is 1. The van der Waals surface area contributed by atoms with Gasteiger partial charge in [-0.2, -0.15) is 0 Å². The van der Waals surface area contributed by atoms with Crippen LogP contribution in [0.5, 0.6) is 34.5 Å². The molecule has 0 fully saturated rings. The maximum Gasteiger partial charge on any atom is 0.161 e. The van der Waals surface area contributed by atoms with E-state index in [9.17, 15) is 0 Å². The highest BCUT2D eigenvalue weighted by Crippen LogP contribution is 2.47. The minimum Gasteiger partial charge on any atom is -0.493 e. The second-order valence-corrected chi connectivity index (χ2v) is 9.85. The fraction of sp³-hybridized carbons (Fsp3) is 0.419. The minimum atomic E-state index is 0.0332. The van der Waals surface area contributed by atoms with Crippen LogP contribution in [0.3, 0.4) is 0 Å². The predicted octanol–water partition coefficient (Wildman–Crippen LogP) is 4.72. The van der Waals surface area contributed by atoms with Crippen LogP contribution in [-0.2, 0) is 19.4 Å². The third-order valence-electron chi connectivity index (χ3n) is 7.91. The third kappa shape index (κ3) is 5.06. The molecule has 39 heavy (non-hydrogen) atoms. The number of hydrogen-bond acceptors (Lipinski definition) is 8. The Morgan fingerprint density at radius 2 is 1.18 bits per heavy atom. The first-order valence-corrected chi connectivity index (χ1v) is 13.2. The Bertz CT molecular complexity index is 1330. The standard InChI is InChI=1S/C31H38N2O6/c1-34-24-8-7-19(13-25(24)35-2)18-33-12-10-21-15-27(37-4)29(39-6)17-23(21)31(33)30-22-16-28(38-5)26(36-3)14-20(22)9-11-32-30/h7-8,13-17,30-32H,9-12,18H2,1-6H3/t30-,31-/m0/s1. The van der Waals surface area contributed by atoms with E-state index in [1.54, 1.807) is 42.7 Å². The summed E-state index contributed by atoms with van der Waals surface area (Å²) >= 11 is 0. The third-order valence-corrected chi connectivity index (χ3v) is 7.91. The lowest BCUT2D eigenvalue weighted by Gasteiger charge is -2.44. The molecule has 3 aromatic rings. The molecule has 5 rings (SSSR count). The van der Waals surface area contributed by atoms with Crippen molar-refractivity contribution in [3.63, 3.8) is 0 Å². The summed E-state index contributed by atoms with van der Waals surface area (Å²) in [5.74, 6) is 4.44. The average molecular weight is 535 g/mol. The van der Waals surface area contributed by atoms with Gasteiger partial charge < -0.3 is 33.7 Å². The zero-order valence-electron chi connectivity index (χ0n) is 23.6. The van der Waals surface area contributed by atoms with Crippen LogP contribution >= 0.6 is 0 Å². The SMILES string of the molecule is COc1ccc(CN2CCc3cc(OC)c(OC)cc3[C@H]2[C@H]2NCCc3cc(OC)c(OC)cc32)cc1OC. The fourth-order valence-electron chi connectivity index (χ4n) is 6.01. The minimum absolute atomic E-state index is 0.0332. The number of nitrogens with zero attached hydrogens (tertiary/aromatic N) is 1. The molecule has 0 radical (unpaired) electrons. The van der Waals surface area contributed by atoms with Gasteiger partial charge in [-0.15, -0.1) is 0 Å². The highest BCUT2D eigenvalue weighted by molar-refractivity contribution is 5.53. The monoisotopic (exact) mass is 534 g/mol. The average Bonchev–Trinajstić information content (AvgIpc) is 2.99. The van der Waals surface area contributed by atoms with Crippen LogP contribution < -0.4 is 33.7 Å². The van der Waals surface area contributed by atoms with Crippen LogP contribution in [0.1, 0.15) is 39.9 Å². The summed E-state index contributed by atoms with van der Waals surface area (Å²) in [6, 6.07) is 14.8. The Morgan fingerprint density at radius 3 is 1.79 bits per heavy atom. The lowest BCUT2D eigenvalue weighted by molar-refractivity contribution is 0.133. The molecule has 0 bridgehead atoms. The van der Waals surface area contributed by atoms with Crippen molar-refractivity contribution in [1.29, 1.82) is 0 Å². The number of rotatable bonds is 9. The number of ether oxygens (including phenoxy) is 6. The van der Waals surface area contributed by atoms with E-state index < -0.39 is 0 Å². The predicted molar refractivity (Wildman–Crippen MR) is 150 cm³/mol. The van der Waals surface area contributed by atoms with Crippen LogP contribution in [0, 0.1) is 0 Å². The number of hydrogen-bond donors (Lipinski definition) is 1. The quantitative estimate of drug-likeness (QED) is 0.423. The molecule has 0 aromatic heterocycles. The van der Waals surface area contributed by atoms with Crippen LogP contribution in [0.4, 0.5) is 0 Å². The molecule has 8 heteroatoms. The maximum atomic E-state index is 5.75. The summed E-state index contributed by atoms with van der Waals surface area (Å²) in [6.45, 7) is 2.51. The van der Waals surface area contributed by atoms with Gasteiger partial charge in [-0.25, -0.2) is 0 Å². The lowest BCUT2D eigenvalue weighted by Crippen LogP contribution is -2.44. The van der Waals surface area contributed by atoms with E-state index in [2.05, 4.69) is 46.6 Å². The van der Waals surface area contributed by atoms with E-state index in [0.29, 0.717) is 0 Å². The molecule has 0 saturated heterocycles. The smallest absolute Gasteiger partial charge is 0.161 e. The Kier molecular flexibility index (Phi) is 8.04. The molecule has 0 aliphatic carbocycles. The van der Waals surface area contributed by atoms with E-state index in [-0.39, 0.29) is 12.1 Å². The molecule has 0 spiro atoms. The zero-order chi connectivity index (χ0) is 27.5. The van der Waals surface area contributed by atoms with Crippen LogP contribution in [0.2, 0.25) is 0 Å². The molecule has 2 aliphatic rings. The van der Waals surface area contributed by atoms with Crippen molar-refractivity contribution in [2.24, 2.45) is 0 Å². The molecule has 208 valence electrons. The first-order chi connectivity index (χ1) is 19.0. The first-order valence-electron chi connectivity index (χ1n) is 13.2.